The molecule has 21 heavy (non-hydrogen) atoms. The van der Waals surface area contributed by atoms with Crippen LogP contribution in [0.4, 0.5) is 13.2 Å². The molecule has 1 heterocycles. The molecule has 0 bridgehead atoms. The van der Waals surface area contributed by atoms with E-state index in [-0.39, 0.29) is 18.4 Å². The molecule has 1 unspecified atom stereocenters. The molecular weight excluding hydrogens is 281 g/mol. The van der Waals surface area contributed by atoms with E-state index in [0.29, 0.717) is 12.0 Å². The first-order valence-corrected chi connectivity index (χ1v) is 6.58. The van der Waals surface area contributed by atoms with Gasteiger partial charge in [-0.3, -0.25) is 9.18 Å². The van der Waals surface area contributed by atoms with Gasteiger partial charge < -0.3 is 0 Å². The number of halogens is 3. The van der Waals surface area contributed by atoms with Crippen molar-refractivity contribution in [2.45, 2.75) is 25.3 Å². The zero-order valence-electron chi connectivity index (χ0n) is 11.4. The van der Waals surface area contributed by atoms with Crippen LogP contribution < -0.4 is 0 Å². The number of alkyl halides is 1. The first-order chi connectivity index (χ1) is 10.0. The summed E-state index contributed by atoms with van der Waals surface area (Å²) in [6, 6.07) is 2.55. The van der Waals surface area contributed by atoms with E-state index >= 15 is 0 Å². The predicted molar refractivity (Wildman–Crippen MR) is 73.4 cm³/mol. The van der Waals surface area contributed by atoms with Crippen molar-refractivity contribution < 1.29 is 18.0 Å². The Morgan fingerprint density at radius 2 is 2.00 bits per heavy atom. The summed E-state index contributed by atoms with van der Waals surface area (Å²) in [5.41, 5.74) is 0.560. The number of amides is 1. The Balaban J connectivity index is 2.17. The van der Waals surface area contributed by atoms with Gasteiger partial charge in [0.25, 0.3) is 5.91 Å². The third-order valence-corrected chi connectivity index (χ3v) is 3.22. The number of carbonyl (C=O) groups excluding carboxylic acids is 1. The summed E-state index contributed by atoms with van der Waals surface area (Å²) < 4.78 is 38.7. The van der Waals surface area contributed by atoms with Gasteiger partial charge in [0.05, 0.1) is 12.7 Å². The van der Waals surface area contributed by atoms with E-state index in [4.69, 9.17) is 0 Å². The van der Waals surface area contributed by atoms with Gasteiger partial charge in [-0.05, 0) is 30.5 Å². The summed E-state index contributed by atoms with van der Waals surface area (Å²) in [5.74, 6) is -1.87. The fourth-order valence-electron chi connectivity index (χ4n) is 2.20. The van der Waals surface area contributed by atoms with Crippen LogP contribution in [0, 0.1) is 11.6 Å². The second kappa shape index (κ2) is 6.56. The monoisotopic (exact) mass is 296 g/mol. The van der Waals surface area contributed by atoms with Crippen molar-refractivity contribution in [3.8, 4) is 0 Å². The van der Waals surface area contributed by atoms with Crippen molar-refractivity contribution >= 4 is 12.1 Å². The predicted octanol–water partition coefficient (Wildman–Crippen LogP) is 3.53. The van der Waals surface area contributed by atoms with Gasteiger partial charge in [-0.15, -0.1) is 0 Å². The molecule has 0 fully saturated rings. The average Bonchev–Trinajstić information content (AvgIpc) is 2.92. The second-order valence-corrected chi connectivity index (χ2v) is 4.80. The number of hydrazone groups is 1. The summed E-state index contributed by atoms with van der Waals surface area (Å²) in [6.07, 6.45) is 2.31. The standard InChI is InChI=1S/C15H15F3N2O/c1-10(3-2-5-16)15(21)20-14(4-6-19-20)11-7-12(17)9-13(18)8-11/h6-9,14H,1-5H2. The topological polar surface area (TPSA) is 32.7 Å². The van der Waals surface area contributed by atoms with E-state index in [2.05, 4.69) is 11.7 Å². The Morgan fingerprint density at radius 3 is 2.62 bits per heavy atom. The molecule has 0 saturated carbocycles. The Hall–Kier alpha value is -2.11. The lowest BCUT2D eigenvalue weighted by Crippen LogP contribution is -2.28. The molecule has 2 rings (SSSR count). The fourth-order valence-corrected chi connectivity index (χ4v) is 2.20. The van der Waals surface area contributed by atoms with Crippen molar-refractivity contribution in [1.29, 1.82) is 0 Å². The Labute approximate surface area is 120 Å². The van der Waals surface area contributed by atoms with Gasteiger partial charge in [0.2, 0.25) is 0 Å². The normalized spacial score (nSPS) is 17.3. The van der Waals surface area contributed by atoms with Gasteiger partial charge in [0.15, 0.2) is 0 Å². The highest BCUT2D eigenvalue weighted by Crippen LogP contribution is 2.30. The molecule has 0 aromatic heterocycles. The maximum Gasteiger partial charge on any atom is 0.269 e. The van der Waals surface area contributed by atoms with Crippen LogP contribution in [0.15, 0.2) is 35.5 Å². The Kier molecular flexibility index (Phi) is 4.77. The average molecular weight is 296 g/mol. The Morgan fingerprint density at radius 1 is 1.33 bits per heavy atom. The minimum atomic E-state index is -0.708. The molecule has 1 aliphatic heterocycles. The van der Waals surface area contributed by atoms with E-state index < -0.39 is 30.3 Å². The highest BCUT2D eigenvalue weighted by atomic mass is 19.1. The summed E-state index contributed by atoms with van der Waals surface area (Å²) in [4.78, 5) is 12.2. The zero-order chi connectivity index (χ0) is 15.4. The molecule has 0 N–H and O–H groups in total. The molecule has 1 amide bonds. The largest absolute Gasteiger partial charge is 0.269 e. The summed E-state index contributed by atoms with van der Waals surface area (Å²) in [7, 11) is 0. The van der Waals surface area contributed by atoms with E-state index in [1.807, 2.05) is 0 Å². The minimum Gasteiger partial charge on any atom is -0.268 e. The lowest BCUT2D eigenvalue weighted by molar-refractivity contribution is -0.129. The molecule has 112 valence electrons. The summed E-state index contributed by atoms with van der Waals surface area (Å²) >= 11 is 0. The molecule has 0 radical (unpaired) electrons. The maximum absolute atomic E-state index is 13.3. The van der Waals surface area contributed by atoms with E-state index in [1.54, 1.807) is 0 Å². The van der Waals surface area contributed by atoms with Gasteiger partial charge in [0.1, 0.15) is 11.6 Å². The zero-order valence-corrected chi connectivity index (χ0v) is 11.4. The van der Waals surface area contributed by atoms with Gasteiger partial charge in [-0.2, -0.15) is 5.10 Å². The molecular formula is C15H15F3N2O. The molecule has 1 aromatic carbocycles. The van der Waals surface area contributed by atoms with Gasteiger partial charge in [0, 0.05) is 24.3 Å². The van der Waals surface area contributed by atoms with Crippen LogP contribution in [-0.2, 0) is 4.79 Å². The third-order valence-electron chi connectivity index (χ3n) is 3.22. The molecule has 0 saturated heterocycles. The van der Waals surface area contributed by atoms with Crippen molar-refractivity contribution in [3.63, 3.8) is 0 Å². The second-order valence-electron chi connectivity index (χ2n) is 4.80. The molecule has 0 spiro atoms. The number of benzene rings is 1. The van der Waals surface area contributed by atoms with Crippen LogP contribution in [-0.4, -0.2) is 23.8 Å². The lowest BCUT2D eigenvalue weighted by atomic mass is 10.0. The van der Waals surface area contributed by atoms with Gasteiger partial charge >= 0.3 is 0 Å². The van der Waals surface area contributed by atoms with Crippen molar-refractivity contribution in [2.75, 3.05) is 6.67 Å². The van der Waals surface area contributed by atoms with E-state index in [9.17, 15) is 18.0 Å². The first-order valence-electron chi connectivity index (χ1n) is 6.58. The number of carbonyl (C=O) groups is 1. The van der Waals surface area contributed by atoms with Crippen LogP contribution in [0.2, 0.25) is 0 Å². The summed E-state index contributed by atoms with van der Waals surface area (Å²) in [6.45, 7) is 3.09. The number of rotatable bonds is 5. The lowest BCUT2D eigenvalue weighted by Gasteiger charge is -2.23. The number of hydrogen-bond donors (Lipinski definition) is 0. The molecule has 0 aliphatic carbocycles. The van der Waals surface area contributed by atoms with Crippen LogP contribution >= 0.6 is 0 Å². The number of hydrogen-bond acceptors (Lipinski definition) is 2. The molecule has 3 nitrogen and oxygen atoms in total. The highest BCUT2D eigenvalue weighted by Gasteiger charge is 2.29. The molecule has 1 aliphatic rings. The van der Waals surface area contributed by atoms with Crippen molar-refractivity contribution in [3.05, 3.63) is 47.5 Å². The van der Waals surface area contributed by atoms with Crippen LogP contribution in [0.1, 0.15) is 30.9 Å². The fraction of sp³-hybridized carbons (Fsp3) is 0.333. The molecule has 1 aromatic rings. The van der Waals surface area contributed by atoms with E-state index in [1.165, 1.54) is 18.3 Å². The van der Waals surface area contributed by atoms with Gasteiger partial charge in [-0.25, -0.2) is 13.8 Å². The summed E-state index contributed by atoms with van der Waals surface area (Å²) in [5, 5.41) is 5.09. The SMILES string of the molecule is C=C(CCCF)C(=O)N1N=CCC1c1cc(F)cc(F)c1. The quantitative estimate of drug-likeness (QED) is 0.765. The number of nitrogens with zero attached hydrogens (tertiary/aromatic N) is 2. The molecule has 1 atom stereocenters. The minimum absolute atomic E-state index is 0.210. The van der Waals surface area contributed by atoms with Crippen LogP contribution in [0.5, 0.6) is 0 Å². The maximum atomic E-state index is 13.3. The first kappa shape index (κ1) is 15.3. The van der Waals surface area contributed by atoms with Crippen molar-refractivity contribution in [1.82, 2.24) is 5.01 Å². The van der Waals surface area contributed by atoms with Crippen molar-refractivity contribution in [2.24, 2.45) is 5.10 Å². The smallest absolute Gasteiger partial charge is 0.268 e. The third kappa shape index (κ3) is 3.51. The van der Waals surface area contributed by atoms with Crippen LogP contribution in [0.3, 0.4) is 0 Å². The Bertz CT molecular complexity index is 566. The van der Waals surface area contributed by atoms with Gasteiger partial charge in [-0.1, -0.05) is 6.58 Å². The van der Waals surface area contributed by atoms with Crippen LogP contribution in [0.25, 0.3) is 0 Å². The highest BCUT2D eigenvalue weighted by molar-refractivity contribution is 5.94. The van der Waals surface area contributed by atoms with E-state index in [0.717, 1.165) is 11.1 Å². The molecule has 6 heteroatoms.